The number of carbonyl (C=O) groups excluding carboxylic acids is 1. The normalized spacial score (nSPS) is 10.7. The molecule has 4 nitrogen and oxygen atoms in total. The number of rotatable bonds is 5. The second-order valence-corrected chi connectivity index (χ2v) is 4.79. The highest BCUT2D eigenvalue weighted by molar-refractivity contribution is 5.89. The second-order valence-electron chi connectivity index (χ2n) is 4.79. The van der Waals surface area contributed by atoms with Gasteiger partial charge in [-0.3, -0.25) is 4.79 Å². The van der Waals surface area contributed by atoms with Gasteiger partial charge in [-0.1, -0.05) is 30.3 Å². The van der Waals surface area contributed by atoms with Crippen LogP contribution in [0.2, 0.25) is 0 Å². The van der Waals surface area contributed by atoms with Crippen LogP contribution in [0.4, 0.5) is 5.82 Å². The Bertz CT molecular complexity index is 531. The van der Waals surface area contributed by atoms with Gasteiger partial charge in [0.2, 0.25) is 5.91 Å². The van der Waals surface area contributed by atoms with Crippen molar-refractivity contribution in [1.82, 2.24) is 9.78 Å². The third-order valence-corrected chi connectivity index (χ3v) is 2.91. The highest BCUT2D eigenvalue weighted by Gasteiger charge is 2.09. The first kappa shape index (κ1) is 13.3. The Hall–Kier alpha value is -2.10. The Kier molecular flexibility index (Phi) is 4.34. The molecule has 0 saturated heterocycles. The van der Waals surface area contributed by atoms with E-state index in [2.05, 4.69) is 10.4 Å². The molecule has 0 aliphatic carbocycles. The van der Waals surface area contributed by atoms with Crippen molar-refractivity contribution in [3.63, 3.8) is 0 Å². The Morgan fingerprint density at radius 1 is 1.26 bits per heavy atom. The van der Waals surface area contributed by atoms with E-state index >= 15 is 0 Å². The Balaban J connectivity index is 1.89. The highest BCUT2D eigenvalue weighted by Crippen LogP contribution is 2.13. The van der Waals surface area contributed by atoms with Gasteiger partial charge in [-0.2, -0.15) is 5.10 Å². The van der Waals surface area contributed by atoms with Crippen molar-refractivity contribution in [2.24, 2.45) is 0 Å². The van der Waals surface area contributed by atoms with E-state index in [1.54, 1.807) is 10.9 Å². The summed E-state index contributed by atoms with van der Waals surface area (Å²) in [6.45, 7) is 4.07. The minimum absolute atomic E-state index is 0.0197. The number of nitrogens with one attached hydrogen (secondary N) is 1. The fourth-order valence-corrected chi connectivity index (χ4v) is 1.93. The third kappa shape index (κ3) is 3.68. The smallest absolute Gasteiger partial charge is 0.225 e. The van der Waals surface area contributed by atoms with Crippen LogP contribution < -0.4 is 5.32 Å². The van der Waals surface area contributed by atoms with Crippen molar-refractivity contribution in [3.05, 3.63) is 48.2 Å². The van der Waals surface area contributed by atoms with Crippen LogP contribution in [-0.2, 0) is 11.2 Å². The summed E-state index contributed by atoms with van der Waals surface area (Å²) in [5.74, 6) is 0.777. The van der Waals surface area contributed by atoms with E-state index in [-0.39, 0.29) is 11.9 Å². The number of anilines is 1. The average Bonchev–Trinajstić information content (AvgIpc) is 2.86. The molecule has 1 aromatic carbocycles. The summed E-state index contributed by atoms with van der Waals surface area (Å²) in [7, 11) is 0. The summed E-state index contributed by atoms with van der Waals surface area (Å²) in [5.41, 5.74) is 1.18. The zero-order valence-electron chi connectivity index (χ0n) is 11.3. The van der Waals surface area contributed by atoms with Crippen molar-refractivity contribution in [2.75, 3.05) is 5.32 Å². The van der Waals surface area contributed by atoms with Gasteiger partial charge in [0.15, 0.2) is 0 Å². The fourth-order valence-electron chi connectivity index (χ4n) is 1.93. The number of nitrogens with zero attached hydrogens (tertiary/aromatic N) is 2. The van der Waals surface area contributed by atoms with Crippen LogP contribution in [0.3, 0.4) is 0 Å². The molecular formula is C15H19N3O. The van der Waals surface area contributed by atoms with Crippen LogP contribution in [-0.4, -0.2) is 15.7 Å². The van der Waals surface area contributed by atoms with E-state index < -0.39 is 0 Å². The number of aryl methyl sites for hydroxylation is 1. The van der Waals surface area contributed by atoms with Gasteiger partial charge in [-0.25, -0.2) is 4.68 Å². The van der Waals surface area contributed by atoms with Gasteiger partial charge in [0.25, 0.3) is 0 Å². The molecule has 0 aliphatic rings. The molecule has 0 radical (unpaired) electrons. The quantitative estimate of drug-likeness (QED) is 0.895. The molecule has 1 heterocycles. The molecule has 19 heavy (non-hydrogen) atoms. The van der Waals surface area contributed by atoms with E-state index in [0.717, 1.165) is 12.2 Å². The van der Waals surface area contributed by atoms with Gasteiger partial charge in [0, 0.05) is 18.5 Å². The van der Waals surface area contributed by atoms with Gasteiger partial charge < -0.3 is 5.32 Å². The standard InChI is InChI=1S/C15H19N3O/c1-12(2)18-14(10-11-16-18)17-15(19)9-8-13-6-4-3-5-7-13/h3-7,10-12H,8-9H2,1-2H3,(H,17,19). The van der Waals surface area contributed by atoms with E-state index in [1.807, 2.05) is 50.2 Å². The number of hydrogen-bond donors (Lipinski definition) is 1. The van der Waals surface area contributed by atoms with Gasteiger partial charge in [0.05, 0.1) is 6.20 Å². The van der Waals surface area contributed by atoms with Crippen LogP contribution in [0.15, 0.2) is 42.6 Å². The SMILES string of the molecule is CC(C)n1nccc1NC(=O)CCc1ccccc1. The molecule has 0 saturated carbocycles. The monoisotopic (exact) mass is 257 g/mol. The first-order valence-electron chi connectivity index (χ1n) is 6.54. The molecule has 0 fully saturated rings. The summed E-state index contributed by atoms with van der Waals surface area (Å²) in [5, 5.41) is 7.09. The maximum Gasteiger partial charge on any atom is 0.225 e. The van der Waals surface area contributed by atoms with Gasteiger partial charge in [0.1, 0.15) is 5.82 Å². The zero-order chi connectivity index (χ0) is 13.7. The molecule has 0 bridgehead atoms. The van der Waals surface area contributed by atoms with Crippen molar-refractivity contribution in [3.8, 4) is 0 Å². The lowest BCUT2D eigenvalue weighted by Gasteiger charge is -2.11. The molecule has 1 N–H and O–H groups in total. The predicted octanol–water partition coefficient (Wildman–Crippen LogP) is 3.04. The summed E-state index contributed by atoms with van der Waals surface area (Å²) in [6, 6.07) is 12.1. The summed E-state index contributed by atoms with van der Waals surface area (Å²) in [4.78, 5) is 11.9. The zero-order valence-corrected chi connectivity index (χ0v) is 11.3. The number of hydrogen-bond acceptors (Lipinski definition) is 2. The topological polar surface area (TPSA) is 46.9 Å². The molecule has 2 aromatic rings. The van der Waals surface area contributed by atoms with E-state index in [1.165, 1.54) is 5.56 Å². The molecule has 0 atom stereocenters. The maximum absolute atomic E-state index is 11.9. The number of aromatic nitrogens is 2. The first-order valence-corrected chi connectivity index (χ1v) is 6.54. The molecule has 1 amide bonds. The minimum atomic E-state index is 0.0197. The molecule has 4 heteroatoms. The van der Waals surface area contributed by atoms with Crippen molar-refractivity contribution in [2.45, 2.75) is 32.7 Å². The summed E-state index contributed by atoms with van der Waals surface area (Å²) < 4.78 is 1.81. The molecular weight excluding hydrogens is 238 g/mol. The van der Waals surface area contributed by atoms with Crippen LogP contribution in [0.5, 0.6) is 0 Å². The van der Waals surface area contributed by atoms with Crippen LogP contribution in [0.25, 0.3) is 0 Å². The van der Waals surface area contributed by atoms with Crippen LogP contribution in [0, 0.1) is 0 Å². The number of carbonyl (C=O) groups is 1. The highest BCUT2D eigenvalue weighted by atomic mass is 16.1. The molecule has 0 unspecified atom stereocenters. The van der Waals surface area contributed by atoms with Crippen LogP contribution >= 0.6 is 0 Å². The molecule has 100 valence electrons. The van der Waals surface area contributed by atoms with Gasteiger partial charge in [-0.05, 0) is 25.8 Å². The van der Waals surface area contributed by atoms with E-state index in [0.29, 0.717) is 6.42 Å². The largest absolute Gasteiger partial charge is 0.311 e. The predicted molar refractivity (Wildman–Crippen MR) is 76.0 cm³/mol. The van der Waals surface area contributed by atoms with Gasteiger partial charge in [-0.15, -0.1) is 0 Å². The lowest BCUT2D eigenvalue weighted by Crippen LogP contribution is -2.17. The maximum atomic E-state index is 11.9. The lowest BCUT2D eigenvalue weighted by atomic mass is 10.1. The van der Waals surface area contributed by atoms with Crippen molar-refractivity contribution in [1.29, 1.82) is 0 Å². The Labute approximate surface area is 113 Å². The number of benzene rings is 1. The van der Waals surface area contributed by atoms with E-state index in [9.17, 15) is 4.79 Å². The minimum Gasteiger partial charge on any atom is -0.311 e. The van der Waals surface area contributed by atoms with E-state index in [4.69, 9.17) is 0 Å². The van der Waals surface area contributed by atoms with Crippen molar-refractivity contribution >= 4 is 11.7 Å². The Morgan fingerprint density at radius 3 is 2.68 bits per heavy atom. The molecule has 2 rings (SSSR count). The summed E-state index contributed by atoms with van der Waals surface area (Å²) >= 11 is 0. The molecule has 0 aliphatic heterocycles. The summed E-state index contributed by atoms with van der Waals surface area (Å²) in [6.07, 6.45) is 2.93. The first-order chi connectivity index (χ1) is 9.16. The number of amides is 1. The van der Waals surface area contributed by atoms with Gasteiger partial charge >= 0.3 is 0 Å². The average molecular weight is 257 g/mol. The lowest BCUT2D eigenvalue weighted by molar-refractivity contribution is -0.116. The van der Waals surface area contributed by atoms with Crippen molar-refractivity contribution < 1.29 is 4.79 Å². The second kappa shape index (κ2) is 6.18. The molecule has 1 aromatic heterocycles. The van der Waals surface area contributed by atoms with Crippen LogP contribution in [0.1, 0.15) is 31.9 Å². The molecule has 0 spiro atoms. The third-order valence-electron chi connectivity index (χ3n) is 2.91. The Morgan fingerprint density at radius 2 is 2.00 bits per heavy atom. The fraction of sp³-hybridized carbons (Fsp3) is 0.333.